The Kier molecular flexibility index (Phi) is 5.14. The highest BCUT2D eigenvalue weighted by molar-refractivity contribution is 6.52. The minimum atomic E-state index is -0.325. The largest absolute Gasteiger partial charge is 0.505 e. The van der Waals surface area contributed by atoms with Crippen molar-refractivity contribution in [1.82, 2.24) is 0 Å². The molecule has 0 aromatic heterocycles. The Labute approximate surface area is 149 Å². The van der Waals surface area contributed by atoms with Gasteiger partial charge in [0.2, 0.25) is 0 Å². The van der Waals surface area contributed by atoms with Gasteiger partial charge < -0.3 is 5.11 Å². The van der Waals surface area contributed by atoms with Gasteiger partial charge in [-0.05, 0) is 12.1 Å². The maximum absolute atomic E-state index is 9.63. The molecule has 8 heteroatoms. The summed E-state index contributed by atoms with van der Waals surface area (Å²) in [6.07, 6.45) is 0. The van der Waals surface area contributed by atoms with Gasteiger partial charge >= 0.3 is 0 Å². The first kappa shape index (κ1) is 16.6. The average Bonchev–Trinajstić information content (AvgIpc) is 2.39. The molecule has 0 aliphatic rings. The first-order valence-electron chi connectivity index (χ1n) is 4.95. The van der Waals surface area contributed by atoms with Gasteiger partial charge in [0, 0.05) is 11.1 Å². The summed E-state index contributed by atoms with van der Waals surface area (Å²) in [4.78, 5) is 0. The summed E-state index contributed by atoms with van der Waals surface area (Å²) in [5.41, 5.74) is 0.671. The van der Waals surface area contributed by atoms with Crippen LogP contribution < -0.4 is 0 Å². The predicted molar refractivity (Wildman–Crippen MR) is 88.6 cm³/mol. The summed E-state index contributed by atoms with van der Waals surface area (Å²) < 4.78 is 0. The molecule has 0 heterocycles. The molecule has 0 radical (unpaired) electrons. The van der Waals surface area contributed by atoms with Crippen LogP contribution in [0.1, 0.15) is 0 Å². The van der Waals surface area contributed by atoms with Gasteiger partial charge in [-0.2, -0.15) is 0 Å². The van der Waals surface area contributed by atoms with Crippen molar-refractivity contribution in [1.29, 1.82) is 0 Å². The first-order valence-corrected chi connectivity index (χ1v) is 7.60. The number of rotatable bonds is 1. The van der Waals surface area contributed by atoms with Gasteiger partial charge in [-0.15, -0.1) is 0 Å². The minimum absolute atomic E-state index is 0.00704. The number of aromatic hydroxyl groups is 1. The van der Waals surface area contributed by atoms with Gasteiger partial charge in [0.1, 0.15) is 5.02 Å². The summed E-state index contributed by atoms with van der Waals surface area (Å²) in [6, 6.07) is 2.82. The molecule has 106 valence electrons. The highest BCUT2D eigenvalue weighted by Gasteiger charge is 2.21. The molecule has 0 saturated heterocycles. The summed E-state index contributed by atoms with van der Waals surface area (Å²) in [6.45, 7) is 0. The van der Waals surface area contributed by atoms with Crippen LogP contribution >= 0.6 is 81.2 Å². The van der Waals surface area contributed by atoms with Crippen LogP contribution in [0, 0.1) is 0 Å². The molecule has 2 rings (SSSR count). The molecular formula is C12H3Cl7O. The number of hydrogen-bond donors (Lipinski definition) is 1. The van der Waals surface area contributed by atoms with Crippen LogP contribution in [0.4, 0.5) is 0 Å². The lowest BCUT2D eigenvalue weighted by molar-refractivity contribution is 0.476. The fourth-order valence-corrected chi connectivity index (χ4v) is 3.39. The number of hydrogen-bond acceptors (Lipinski definition) is 1. The zero-order valence-electron chi connectivity index (χ0n) is 9.25. The second-order valence-electron chi connectivity index (χ2n) is 3.73. The monoisotopic (exact) mass is 408 g/mol. The van der Waals surface area contributed by atoms with E-state index in [2.05, 4.69) is 0 Å². The van der Waals surface area contributed by atoms with Crippen molar-refractivity contribution < 1.29 is 5.11 Å². The molecule has 0 aliphatic carbocycles. The van der Waals surface area contributed by atoms with E-state index in [1.807, 2.05) is 0 Å². The lowest BCUT2D eigenvalue weighted by Gasteiger charge is -2.14. The molecule has 0 bridgehead atoms. The van der Waals surface area contributed by atoms with E-state index in [9.17, 15) is 5.11 Å². The van der Waals surface area contributed by atoms with E-state index >= 15 is 0 Å². The van der Waals surface area contributed by atoms with Gasteiger partial charge in [-0.25, -0.2) is 0 Å². The smallest absolute Gasteiger partial charge is 0.154 e. The Balaban J connectivity index is 2.86. The Bertz CT molecular complexity index is 712. The van der Waals surface area contributed by atoms with Gasteiger partial charge in [-0.3, -0.25) is 0 Å². The van der Waals surface area contributed by atoms with Crippen molar-refractivity contribution in [3.63, 3.8) is 0 Å². The summed E-state index contributed by atoms with van der Waals surface area (Å²) in [7, 11) is 0. The predicted octanol–water partition coefficient (Wildman–Crippen LogP) is 7.63. The van der Waals surface area contributed by atoms with E-state index in [0.29, 0.717) is 11.1 Å². The summed E-state index contributed by atoms with van der Waals surface area (Å²) in [5.74, 6) is -0.325. The van der Waals surface area contributed by atoms with E-state index in [-0.39, 0.29) is 40.9 Å². The highest BCUT2D eigenvalue weighted by atomic mass is 35.5. The number of halogens is 7. The van der Waals surface area contributed by atoms with Crippen LogP contribution in [0.25, 0.3) is 11.1 Å². The third kappa shape index (κ3) is 2.78. The maximum Gasteiger partial charge on any atom is 0.154 e. The fourth-order valence-electron chi connectivity index (χ4n) is 1.58. The molecule has 0 atom stereocenters. The van der Waals surface area contributed by atoms with Crippen molar-refractivity contribution >= 4 is 81.2 Å². The van der Waals surface area contributed by atoms with Gasteiger partial charge in [0.25, 0.3) is 0 Å². The van der Waals surface area contributed by atoms with Crippen molar-refractivity contribution in [3.8, 4) is 16.9 Å². The van der Waals surface area contributed by atoms with Gasteiger partial charge in [-0.1, -0.05) is 81.2 Å². The molecule has 20 heavy (non-hydrogen) atoms. The Hall–Kier alpha value is 0.270. The number of benzene rings is 2. The maximum atomic E-state index is 9.63. The average molecular weight is 411 g/mol. The van der Waals surface area contributed by atoms with E-state index in [0.717, 1.165) is 0 Å². The molecule has 0 spiro atoms. The van der Waals surface area contributed by atoms with Gasteiger partial charge in [0.05, 0.1) is 30.1 Å². The third-order valence-corrected chi connectivity index (χ3v) is 5.22. The normalized spacial score (nSPS) is 10.9. The molecule has 0 saturated carbocycles. The molecule has 1 nitrogen and oxygen atoms in total. The highest BCUT2D eigenvalue weighted by Crippen LogP contribution is 2.49. The van der Waals surface area contributed by atoms with Crippen LogP contribution in [0.3, 0.4) is 0 Å². The molecule has 1 N–H and O–H groups in total. The van der Waals surface area contributed by atoms with Crippen LogP contribution in [0.2, 0.25) is 35.2 Å². The van der Waals surface area contributed by atoms with Crippen LogP contribution in [-0.2, 0) is 0 Å². The second-order valence-corrected chi connectivity index (χ2v) is 6.46. The Morgan fingerprint density at radius 1 is 0.600 bits per heavy atom. The van der Waals surface area contributed by atoms with Gasteiger partial charge in [0.15, 0.2) is 5.75 Å². The van der Waals surface area contributed by atoms with Crippen molar-refractivity contribution in [2.24, 2.45) is 0 Å². The summed E-state index contributed by atoms with van der Waals surface area (Å²) in [5, 5.41) is 10.3. The molecule has 0 unspecified atom stereocenters. The Morgan fingerprint density at radius 2 is 1.20 bits per heavy atom. The van der Waals surface area contributed by atoms with Crippen molar-refractivity contribution in [2.45, 2.75) is 0 Å². The summed E-state index contributed by atoms with van der Waals surface area (Å²) >= 11 is 42.0. The van der Waals surface area contributed by atoms with E-state index < -0.39 is 0 Å². The molecule has 0 amide bonds. The minimum Gasteiger partial charge on any atom is -0.505 e. The zero-order valence-corrected chi connectivity index (χ0v) is 14.5. The quantitative estimate of drug-likeness (QED) is 0.378. The number of phenolic OH excluding ortho intramolecular Hbond substituents is 1. The lowest BCUT2D eigenvalue weighted by atomic mass is 10.0. The second kappa shape index (κ2) is 6.18. The topological polar surface area (TPSA) is 20.2 Å². The number of phenols is 1. The van der Waals surface area contributed by atoms with E-state index in [1.54, 1.807) is 0 Å². The van der Waals surface area contributed by atoms with E-state index in [4.69, 9.17) is 81.2 Å². The van der Waals surface area contributed by atoms with Crippen LogP contribution in [0.5, 0.6) is 5.75 Å². The molecule has 0 aliphatic heterocycles. The molecular weight excluding hydrogens is 408 g/mol. The molecule has 2 aromatic rings. The standard InChI is InChI=1S/C12H3Cl7O/c13-4-2-5(14)9(17)10(18)7(4)3-1-6(15)12(20)11(19)8(3)16/h1-2,20H. The van der Waals surface area contributed by atoms with Crippen LogP contribution in [-0.4, -0.2) is 5.11 Å². The van der Waals surface area contributed by atoms with Crippen molar-refractivity contribution in [2.75, 3.05) is 0 Å². The SMILES string of the molecule is Oc1c(Cl)cc(-c2c(Cl)cc(Cl)c(Cl)c2Cl)c(Cl)c1Cl. The lowest BCUT2D eigenvalue weighted by Crippen LogP contribution is -1.88. The van der Waals surface area contributed by atoms with Crippen LogP contribution in [0.15, 0.2) is 12.1 Å². The zero-order chi connectivity index (χ0) is 15.2. The van der Waals surface area contributed by atoms with E-state index in [1.165, 1.54) is 12.1 Å². The third-order valence-electron chi connectivity index (χ3n) is 2.52. The molecule has 0 fully saturated rings. The molecule has 2 aromatic carbocycles. The first-order chi connectivity index (χ1) is 9.25. The fraction of sp³-hybridized carbons (Fsp3) is 0. The Morgan fingerprint density at radius 3 is 1.80 bits per heavy atom. The van der Waals surface area contributed by atoms with Crippen molar-refractivity contribution in [3.05, 3.63) is 47.3 Å².